The van der Waals surface area contributed by atoms with Gasteiger partial charge in [0.1, 0.15) is 11.6 Å². The molecule has 1 atom stereocenters. The number of hydrogen-bond acceptors (Lipinski definition) is 3. The van der Waals surface area contributed by atoms with Crippen LogP contribution in [0.15, 0.2) is 18.2 Å². The first-order chi connectivity index (χ1) is 9.34. The number of rotatable bonds is 6. The number of aliphatic carboxylic acids is 1. The van der Waals surface area contributed by atoms with Crippen LogP contribution in [0.25, 0.3) is 0 Å². The fourth-order valence-electron chi connectivity index (χ4n) is 1.53. The van der Waals surface area contributed by atoms with Gasteiger partial charge in [0.05, 0.1) is 18.1 Å². The Kier molecular flexibility index (Phi) is 5.07. The maximum atomic E-state index is 13.7. The molecule has 0 spiro atoms. The van der Waals surface area contributed by atoms with Crippen LogP contribution in [-0.2, 0) is 4.79 Å². The predicted octanol–water partition coefficient (Wildman–Crippen LogP) is 2.06. The predicted molar refractivity (Wildman–Crippen MR) is 71.3 cm³/mol. The first kappa shape index (κ1) is 15.9. The number of benzene rings is 1. The van der Waals surface area contributed by atoms with Crippen LogP contribution in [0.1, 0.15) is 30.6 Å². The van der Waals surface area contributed by atoms with Gasteiger partial charge in [-0.05, 0) is 25.5 Å². The van der Waals surface area contributed by atoms with Crippen molar-refractivity contribution in [3.8, 4) is 5.75 Å². The normalized spacial score (nSPS) is 13.4. The highest BCUT2D eigenvalue weighted by atomic mass is 19.1. The summed E-state index contributed by atoms with van der Waals surface area (Å²) in [6.07, 6.45) is 0.355. The Morgan fingerprint density at radius 3 is 2.55 bits per heavy atom. The van der Waals surface area contributed by atoms with Gasteiger partial charge in [-0.1, -0.05) is 6.92 Å². The molecule has 0 saturated carbocycles. The van der Waals surface area contributed by atoms with Crippen LogP contribution >= 0.6 is 0 Å². The fourth-order valence-corrected chi connectivity index (χ4v) is 1.53. The Morgan fingerprint density at radius 1 is 1.45 bits per heavy atom. The lowest BCUT2D eigenvalue weighted by Gasteiger charge is -2.23. The van der Waals surface area contributed by atoms with Crippen molar-refractivity contribution in [1.82, 2.24) is 5.32 Å². The highest BCUT2D eigenvalue weighted by Crippen LogP contribution is 2.21. The zero-order valence-corrected chi connectivity index (χ0v) is 11.7. The van der Waals surface area contributed by atoms with E-state index in [2.05, 4.69) is 5.32 Å². The summed E-state index contributed by atoms with van der Waals surface area (Å²) < 4.78 is 18.5. The third-order valence-electron chi connectivity index (χ3n) is 3.36. The monoisotopic (exact) mass is 283 g/mol. The molecule has 1 rings (SSSR count). The van der Waals surface area contributed by atoms with E-state index < -0.39 is 23.1 Å². The lowest BCUT2D eigenvalue weighted by Crippen LogP contribution is -2.40. The van der Waals surface area contributed by atoms with Crippen LogP contribution in [0.2, 0.25) is 0 Å². The molecule has 1 aromatic carbocycles. The van der Waals surface area contributed by atoms with Gasteiger partial charge in [-0.2, -0.15) is 0 Å². The van der Waals surface area contributed by atoms with E-state index in [1.807, 2.05) is 0 Å². The van der Waals surface area contributed by atoms with E-state index in [1.165, 1.54) is 26.2 Å². The van der Waals surface area contributed by atoms with Gasteiger partial charge in [0.2, 0.25) is 0 Å². The third-order valence-corrected chi connectivity index (χ3v) is 3.36. The lowest BCUT2D eigenvalue weighted by molar-refractivity contribution is -0.147. The number of carboxylic acid groups (broad SMARTS) is 1. The van der Waals surface area contributed by atoms with E-state index in [-0.39, 0.29) is 12.1 Å². The maximum absolute atomic E-state index is 13.7. The van der Waals surface area contributed by atoms with Gasteiger partial charge < -0.3 is 15.2 Å². The van der Waals surface area contributed by atoms with Crippen molar-refractivity contribution in [3.05, 3.63) is 29.6 Å². The van der Waals surface area contributed by atoms with E-state index >= 15 is 0 Å². The minimum absolute atomic E-state index is 0.0663. The van der Waals surface area contributed by atoms with Gasteiger partial charge in [0.25, 0.3) is 5.91 Å². The largest absolute Gasteiger partial charge is 0.497 e. The van der Waals surface area contributed by atoms with Crippen molar-refractivity contribution in [2.45, 2.75) is 20.3 Å². The summed E-state index contributed by atoms with van der Waals surface area (Å²) in [6, 6.07) is 3.87. The molecular weight excluding hydrogens is 265 g/mol. The van der Waals surface area contributed by atoms with Crippen molar-refractivity contribution in [2.75, 3.05) is 13.7 Å². The van der Waals surface area contributed by atoms with Crippen molar-refractivity contribution in [2.24, 2.45) is 5.41 Å². The van der Waals surface area contributed by atoms with Gasteiger partial charge in [0, 0.05) is 12.6 Å². The molecule has 0 bridgehead atoms. The molecule has 0 saturated heterocycles. The van der Waals surface area contributed by atoms with Crippen LogP contribution in [0.4, 0.5) is 4.39 Å². The second-order valence-corrected chi connectivity index (χ2v) is 4.75. The van der Waals surface area contributed by atoms with Crippen LogP contribution in [0.3, 0.4) is 0 Å². The summed E-state index contributed by atoms with van der Waals surface area (Å²) >= 11 is 0. The number of carbonyl (C=O) groups is 2. The molecule has 2 N–H and O–H groups in total. The summed E-state index contributed by atoms with van der Waals surface area (Å²) in [6.45, 7) is 3.18. The number of carboxylic acids is 1. The van der Waals surface area contributed by atoms with E-state index in [0.717, 1.165) is 6.07 Å². The van der Waals surface area contributed by atoms with Gasteiger partial charge in [0.15, 0.2) is 0 Å². The van der Waals surface area contributed by atoms with Crippen LogP contribution in [0.5, 0.6) is 5.75 Å². The van der Waals surface area contributed by atoms with Gasteiger partial charge in [-0.3, -0.25) is 9.59 Å². The van der Waals surface area contributed by atoms with Gasteiger partial charge in [-0.15, -0.1) is 0 Å². The standard InChI is InChI=1S/C14H18FNO4/c1-4-14(2,13(18)19)8-16-12(17)10-6-5-9(20-3)7-11(10)15/h5-7H,4,8H2,1-3H3,(H,16,17)(H,18,19). The maximum Gasteiger partial charge on any atom is 0.311 e. The molecular formula is C14H18FNO4. The average Bonchev–Trinajstić information content (AvgIpc) is 2.43. The molecule has 1 unspecified atom stereocenters. The Hall–Kier alpha value is -2.11. The average molecular weight is 283 g/mol. The van der Waals surface area contributed by atoms with Crippen LogP contribution < -0.4 is 10.1 Å². The smallest absolute Gasteiger partial charge is 0.311 e. The molecule has 1 aromatic rings. The van der Waals surface area contributed by atoms with E-state index in [0.29, 0.717) is 12.2 Å². The molecule has 0 aromatic heterocycles. The number of hydrogen-bond donors (Lipinski definition) is 2. The van der Waals surface area contributed by atoms with Crippen molar-refractivity contribution in [1.29, 1.82) is 0 Å². The zero-order valence-electron chi connectivity index (χ0n) is 11.7. The number of ether oxygens (including phenoxy) is 1. The van der Waals surface area contributed by atoms with Gasteiger partial charge >= 0.3 is 5.97 Å². The molecule has 0 aliphatic heterocycles. The molecule has 0 aliphatic carbocycles. The molecule has 6 heteroatoms. The Morgan fingerprint density at radius 2 is 2.10 bits per heavy atom. The Balaban J connectivity index is 2.80. The van der Waals surface area contributed by atoms with Gasteiger partial charge in [-0.25, -0.2) is 4.39 Å². The molecule has 20 heavy (non-hydrogen) atoms. The minimum Gasteiger partial charge on any atom is -0.497 e. The molecule has 0 heterocycles. The molecule has 0 radical (unpaired) electrons. The molecule has 0 fully saturated rings. The summed E-state index contributed by atoms with van der Waals surface area (Å²) in [4.78, 5) is 23.0. The summed E-state index contributed by atoms with van der Waals surface area (Å²) in [5, 5.41) is 11.5. The topological polar surface area (TPSA) is 75.6 Å². The number of amides is 1. The van der Waals surface area contributed by atoms with Crippen molar-refractivity contribution < 1.29 is 23.8 Å². The van der Waals surface area contributed by atoms with E-state index in [9.17, 15) is 14.0 Å². The van der Waals surface area contributed by atoms with Crippen LogP contribution in [0, 0.1) is 11.2 Å². The summed E-state index contributed by atoms with van der Waals surface area (Å²) in [7, 11) is 1.40. The minimum atomic E-state index is -1.07. The molecule has 110 valence electrons. The number of nitrogens with one attached hydrogen (secondary N) is 1. The zero-order chi connectivity index (χ0) is 15.3. The summed E-state index contributed by atoms with van der Waals surface area (Å²) in [5.41, 5.74) is -1.21. The van der Waals surface area contributed by atoms with Crippen molar-refractivity contribution >= 4 is 11.9 Å². The SMILES string of the molecule is CCC(C)(CNC(=O)c1ccc(OC)cc1F)C(=O)O. The molecule has 1 amide bonds. The molecule has 5 nitrogen and oxygen atoms in total. The quantitative estimate of drug-likeness (QED) is 0.838. The summed E-state index contributed by atoms with van der Waals surface area (Å²) in [5.74, 6) is -2.06. The van der Waals surface area contributed by atoms with Crippen LogP contribution in [-0.4, -0.2) is 30.6 Å². The van der Waals surface area contributed by atoms with Crippen molar-refractivity contribution in [3.63, 3.8) is 0 Å². The first-order valence-electron chi connectivity index (χ1n) is 6.19. The van der Waals surface area contributed by atoms with E-state index in [1.54, 1.807) is 6.92 Å². The highest BCUT2D eigenvalue weighted by Gasteiger charge is 2.31. The number of halogens is 1. The third kappa shape index (κ3) is 3.46. The highest BCUT2D eigenvalue weighted by molar-refractivity contribution is 5.95. The number of methoxy groups -OCH3 is 1. The number of carbonyl (C=O) groups excluding carboxylic acids is 1. The van der Waals surface area contributed by atoms with E-state index in [4.69, 9.17) is 9.84 Å². The Bertz CT molecular complexity index is 518. The first-order valence-corrected chi connectivity index (χ1v) is 6.19. The second-order valence-electron chi connectivity index (χ2n) is 4.75. The Labute approximate surface area is 116 Å². The fraction of sp³-hybridized carbons (Fsp3) is 0.429. The lowest BCUT2D eigenvalue weighted by atomic mass is 9.87. The molecule has 0 aliphatic rings. The second kappa shape index (κ2) is 6.36.